The molecular formula is C19H24N4O4S. The van der Waals surface area contributed by atoms with Crippen molar-refractivity contribution in [1.29, 1.82) is 5.26 Å². The molecule has 1 saturated carbocycles. The number of urea groups is 1. The van der Waals surface area contributed by atoms with Crippen molar-refractivity contribution in [2.24, 2.45) is 5.92 Å². The number of nitriles is 1. The molecule has 9 heteroatoms. The number of fused-ring (bicyclic) bond motifs is 1. The molecule has 8 nitrogen and oxygen atoms in total. The lowest BCUT2D eigenvalue weighted by molar-refractivity contribution is -0.138. The summed E-state index contributed by atoms with van der Waals surface area (Å²) < 4.78 is 28.6. The molecule has 3 atom stereocenters. The van der Waals surface area contributed by atoms with Gasteiger partial charge in [0.2, 0.25) is 15.9 Å². The van der Waals surface area contributed by atoms with Gasteiger partial charge >= 0.3 is 6.03 Å². The van der Waals surface area contributed by atoms with Crippen LogP contribution in [0.4, 0.5) is 10.5 Å². The van der Waals surface area contributed by atoms with Crippen LogP contribution in [0.25, 0.3) is 0 Å². The number of carbonyl (C=O) groups excluding carboxylic acids is 2. The van der Waals surface area contributed by atoms with E-state index in [1.165, 1.54) is 11.9 Å². The number of sulfonamides is 1. The molecule has 3 unspecified atom stereocenters. The fourth-order valence-electron chi connectivity index (χ4n) is 4.28. The number of imide groups is 1. The Balaban J connectivity index is 1.86. The van der Waals surface area contributed by atoms with Crippen molar-refractivity contribution >= 4 is 27.6 Å². The van der Waals surface area contributed by atoms with Crippen LogP contribution in [0.15, 0.2) is 12.1 Å². The zero-order chi connectivity index (χ0) is 20.8. The highest BCUT2D eigenvalue weighted by atomic mass is 32.2. The second-order valence-electron chi connectivity index (χ2n) is 7.66. The van der Waals surface area contributed by atoms with Crippen molar-refractivity contribution < 1.29 is 18.0 Å². The van der Waals surface area contributed by atoms with Crippen molar-refractivity contribution in [3.63, 3.8) is 0 Å². The number of anilines is 1. The number of aryl methyl sites for hydroxylation is 2. The van der Waals surface area contributed by atoms with E-state index in [4.69, 9.17) is 0 Å². The number of benzene rings is 1. The van der Waals surface area contributed by atoms with E-state index in [2.05, 4.69) is 10.8 Å². The predicted molar refractivity (Wildman–Crippen MR) is 104 cm³/mol. The van der Waals surface area contributed by atoms with E-state index < -0.39 is 21.2 Å². The molecular weight excluding hydrogens is 380 g/mol. The molecule has 0 spiro atoms. The zero-order valence-electron chi connectivity index (χ0n) is 16.4. The molecule has 2 fully saturated rings. The van der Waals surface area contributed by atoms with Crippen LogP contribution in [-0.2, 0) is 14.8 Å². The first-order valence-corrected chi connectivity index (χ1v) is 10.7. The Labute approximate surface area is 165 Å². The van der Waals surface area contributed by atoms with E-state index in [-0.39, 0.29) is 30.1 Å². The Hall–Kier alpha value is -2.60. The van der Waals surface area contributed by atoms with Crippen LogP contribution in [0.5, 0.6) is 0 Å². The number of hydrogen-bond acceptors (Lipinski definition) is 5. The highest BCUT2D eigenvalue weighted by molar-refractivity contribution is 7.93. The molecule has 3 amide bonds. The van der Waals surface area contributed by atoms with Crippen LogP contribution in [0, 0.1) is 31.1 Å². The summed E-state index contributed by atoms with van der Waals surface area (Å²) in [6.07, 6.45) is 0.932. The van der Waals surface area contributed by atoms with E-state index in [0.29, 0.717) is 24.0 Å². The minimum Gasteiger partial charge on any atom is -0.324 e. The van der Waals surface area contributed by atoms with E-state index >= 15 is 0 Å². The van der Waals surface area contributed by atoms with E-state index in [9.17, 15) is 23.3 Å². The van der Waals surface area contributed by atoms with Gasteiger partial charge < -0.3 is 4.90 Å². The normalized spacial score (nSPS) is 25.3. The smallest absolute Gasteiger partial charge is 0.324 e. The first-order chi connectivity index (χ1) is 13.1. The molecule has 1 aliphatic heterocycles. The van der Waals surface area contributed by atoms with Crippen LogP contribution in [0.2, 0.25) is 0 Å². The molecule has 1 aliphatic carbocycles. The van der Waals surface area contributed by atoms with Gasteiger partial charge in [0.25, 0.3) is 0 Å². The highest BCUT2D eigenvalue weighted by Crippen LogP contribution is 2.36. The number of amides is 3. The number of rotatable bonds is 3. The van der Waals surface area contributed by atoms with Crippen LogP contribution < -0.4 is 4.72 Å². The molecule has 1 saturated heterocycles. The van der Waals surface area contributed by atoms with Gasteiger partial charge in [0.15, 0.2) is 0 Å². The number of carbonyl (C=O) groups is 2. The number of nitrogens with zero attached hydrogens (tertiary/aromatic N) is 3. The summed E-state index contributed by atoms with van der Waals surface area (Å²) in [6.45, 7) is 3.60. The van der Waals surface area contributed by atoms with Crippen molar-refractivity contribution in [3.05, 3.63) is 28.8 Å². The first-order valence-electron chi connectivity index (χ1n) is 9.14. The molecule has 28 heavy (non-hydrogen) atoms. The van der Waals surface area contributed by atoms with Crippen LogP contribution in [-0.4, -0.2) is 55.5 Å². The van der Waals surface area contributed by atoms with Gasteiger partial charge in [0.05, 0.1) is 22.4 Å². The summed E-state index contributed by atoms with van der Waals surface area (Å²) in [5.41, 5.74) is 2.11. The summed E-state index contributed by atoms with van der Waals surface area (Å²) in [4.78, 5) is 27.3. The molecule has 150 valence electrons. The lowest BCUT2D eigenvalue weighted by atomic mass is 9.81. The number of hydrogen-bond donors (Lipinski definition) is 1. The van der Waals surface area contributed by atoms with Gasteiger partial charge in [-0.15, -0.1) is 0 Å². The average molecular weight is 404 g/mol. The fraction of sp³-hybridized carbons (Fsp3) is 0.526. The molecule has 0 aromatic heterocycles. The molecule has 0 bridgehead atoms. The monoisotopic (exact) mass is 404 g/mol. The third kappa shape index (κ3) is 3.33. The Bertz CT molecular complexity index is 982. The maximum Gasteiger partial charge on any atom is 0.326 e. The maximum absolute atomic E-state index is 13.0. The Morgan fingerprint density at radius 2 is 1.86 bits per heavy atom. The lowest BCUT2D eigenvalue weighted by Gasteiger charge is -2.45. The van der Waals surface area contributed by atoms with Crippen LogP contribution >= 0.6 is 0 Å². The summed E-state index contributed by atoms with van der Waals surface area (Å²) in [5.74, 6) is -0.880. The van der Waals surface area contributed by atoms with E-state index in [0.717, 1.165) is 10.5 Å². The maximum atomic E-state index is 13.0. The van der Waals surface area contributed by atoms with Gasteiger partial charge in [-0.3, -0.25) is 14.4 Å². The Kier molecular flexibility index (Phi) is 5.10. The molecule has 2 aliphatic rings. The fourth-order valence-corrected chi connectivity index (χ4v) is 5.82. The van der Waals surface area contributed by atoms with E-state index in [1.807, 2.05) is 13.0 Å². The highest BCUT2D eigenvalue weighted by Gasteiger charge is 2.48. The number of nitrogens with one attached hydrogen (secondary N) is 1. The van der Waals surface area contributed by atoms with Crippen LogP contribution in [0.3, 0.4) is 0 Å². The summed E-state index contributed by atoms with van der Waals surface area (Å²) in [7, 11) is -0.738. The summed E-state index contributed by atoms with van der Waals surface area (Å²) >= 11 is 0. The van der Waals surface area contributed by atoms with Gasteiger partial charge in [0, 0.05) is 20.1 Å². The van der Waals surface area contributed by atoms with Gasteiger partial charge in [-0.2, -0.15) is 5.26 Å². The van der Waals surface area contributed by atoms with Gasteiger partial charge in [0.1, 0.15) is 6.07 Å². The van der Waals surface area contributed by atoms with Gasteiger partial charge in [-0.1, -0.05) is 6.07 Å². The van der Waals surface area contributed by atoms with Crippen LogP contribution in [0.1, 0.15) is 36.0 Å². The molecule has 1 aromatic rings. The molecule has 1 N–H and O–H groups in total. The second kappa shape index (κ2) is 7.09. The topological polar surface area (TPSA) is 111 Å². The molecule has 0 radical (unpaired) electrons. The van der Waals surface area contributed by atoms with Crippen molar-refractivity contribution in [1.82, 2.24) is 9.80 Å². The molecule has 3 rings (SSSR count). The SMILES string of the molecule is Cc1cc(C)c(C#N)c(NS(=O)(=O)C2CCC3C(C2)C(=O)N(C)C(=O)N3C)c1. The van der Waals surface area contributed by atoms with Crippen molar-refractivity contribution in [2.45, 2.75) is 44.4 Å². The predicted octanol–water partition coefficient (Wildman–Crippen LogP) is 1.98. The minimum atomic E-state index is -3.80. The minimum absolute atomic E-state index is 0.146. The third-order valence-corrected chi connectivity index (χ3v) is 7.59. The van der Waals surface area contributed by atoms with Gasteiger partial charge in [-0.05, 0) is 50.3 Å². The molecule has 1 aromatic carbocycles. The second-order valence-corrected chi connectivity index (χ2v) is 9.62. The van der Waals surface area contributed by atoms with Crippen molar-refractivity contribution in [2.75, 3.05) is 18.8 Å². The standard InChI is InChI=1S/C19H24N4O4S/c1-11-7-12(2)15(10-20)16(8-11)21-28(26,27)13-5-6-17-14(9-13)18(24)23(4)19(25)22(17)3/h7-8,13-14,17,21H,5-6,9H2,1-4H3. The van der Waals surface area contributed by atoms with E-state index in [1.54, 1.807) is 20.0 Å². The largest absolute Gasteiger partial charge is 0.326 e. The lowest BCUT2D eigenvalue weighted by Crippen LogP contribution is -2.61. The third-order valence-electron chi connectivity index (χ3n) is 5.78. The molecule has 1 heterocycles. The zero-order valence-corrected chi connectivity index (χ0v) is 17.2. The summed E-state index contributed by atoms with van der Waals surface area (Å²) in [6, 6.07) is 4.88. The quantitative estimate of drug-likeness (QED) is 0.828. The van der Waals surface area contributed by atoms with Crippen molar-refractivity contribution in [3.8, 4) is 6.07 Å². The summed E-state index contributed by atoms with van der Waals surface area (Å²) in [5, 5.41) is 8.63. The average Bonchev–Trinajstić information content (AvgIpc) is 2.63. The Morgan fingerprint density at radius 1 is 1.18 bits per heavy atom. The van der Waals surface area contributed by atoms with Gasteiger partial charge in [-0.25, -0.2) is 13.2 Å². The first kappa shape index (κ1) is 20.1. The Morgan fingerprint density at radius 3 is 2.50 bits per heavy atom.